The minimum atomic E-state index is -0.0495. The monoisotopic (exact) mass is 336 g/mol. The number of nitrogens with one attached hydrogen (secondary N) is 2. The van der Waals surface area contributed by atoms with E-state index in [0.29, 0.717) is 32.4 Å². The smallest absolute Gasteiger partial charge is 0.229 e. The molecule has 0 atom stereocenters. The summed E-state index contributed by atoms with van der Waals surface area (Å²) in [6.07, 6.45) is 9.64. The second kappa shape index (κ2) is 10.3. The Labute approximate surface area is 145 Å². The first-order chi connectivity index (χ1) is 11.7. The van der Waals surface area contributed by atoms with Gasteiger partial charge >= 0.3 is 0 Å². The molecule has 0 unspecified atom stereocenters. The van der Waals surface area contributed by atoms with Gasteiger partial charge in [0, 0.05) is 39.0 Å². The van der Waals surface area contributed by atoms with Crippen LogP contribution in [0.4, 0.5) is 0 Å². The van der Waals surface area contributed by atoms with E-state index in [0.717, 1.165) is 31.4 Å². The molecule has 2 N–H and O–H groups in total. The Bertz CT molecular complexity index is 428. The van der Waals surface area contributed by atoms with E-state index in [4.69, 9.17) is 0 Å². The molecule has 24 heavy (non-hydrogen) atoms. The van der Waals surface area contributed by atoms with Gasteiger partial charge in [0.25, 0.3) is 0 Å². The van der Waals surface area contributed by atoms with Crippen LogP contribution in [0.15, 0.2) is 4.99 Å². The van der Waals surface area contributed by atoms with Gasteiger partial charge in [0.1, 0.15) is 0 Å². The lowest BCUT2D eigenvalue weighted by Crippen LogP contribution is -2.46. The zero-order chi connectivity index (χ0) is 17.2. The molecule has 1 aliphatic heterocycles. The second-order valence-corrected chi connectivity index (χ2v) is 6.77. The highest BCUT2D eigenvalue weighted by atomic mass is 16.2. The molecule has 1 saturated carbocycles. The topological polar surface area (TPSA) is 73.8 Å². The van der Waals surface area contributed by atoms with Crippen molar-refractivity contribution in [2.45, 2.75) is 64.7 Å². The van der Waals surface area contributed by atoms with Crippen LogP contribution in [0.5, 0.6) is 0 Å². The summed E-state index contributed by atoms with van der Waals surface area (Å²) >= 11 is 0. The summed E-state index contributed by atoms with van der Waals surface area (Å²) in [4.78, 5) is 29.5. The third-order valence-electron chi connectivity index (χ3n) is 4.87. The lowest BCUT2D eigenvalue weighted by Gasteiger charge is -2.25. The predicted octanol–water partition coefficient (Wildman–Crippen LogP) is 2.05. The third-order valence-corrected chi connectivity index (χ3v) is 4.87. The summed E-state index contributed by atoms with van der Waals surface area (Å²) in [6.45, 7) is 4.63. The Balaban J connectivity index is 1.68. The molecule has 0 aromatic heterocycles. The first-order valence-corrected chi connectivity index (χ1v) is 9.56. The van der Waals surface area contributed by atoms with Crippen LogP contribution in [0.25, 0.3) is 0 Å². The van der Waals surface area contributed by atoms with E-state index in [9.17, 15) is 9.59 Å². The summed E-state index contributed by atoms with van der Waals surface area (Å²) in [6, 6.07) is 0. The standard InChI is InChI=1S/C18H32N4O2/c1-2-19-18(20-12-6-9-15-7-3-4-8-15)21-13-14-22-16(23)10-5-11-17(22)24/h15H,2-14H2,1H3,(H2,19,20,21). The summed E-state index contributed by atoms with van der Waals surface area (Å²) in [7, 11) is 0. The highest BCUT2D eigenvalue weighted by molar-refractivity contribution is 5.97. The van der Waals surface area contributed by atoms with Gasteiger partial charge < -0.3 is 10.6 Å². The van der Waals surface area contributed by atoms with E-state index >= 15 is 0 Å². The van der Waals surface area contributed by atoms with Crippen LogP contribution >= 0.6 is 0 Å². The van der Waals surface area contributed by atoms with Crippen molar-refractivity contribution in [3.8, 4) is 0 Å². The molecule has 0 aromatic carbocycles. The van der Waals surface area contributed by atoms with Crippen LogP contribution in [0.3, 0.4) is 0 Å². The van der Waals surface area contributed by atoms with Gasteiger partial charge in [-0.2, -0.15) is 0 Å². The maximum absolute atomic E-state index is 11.8. The number of carbonyl (C=O) groups is 2. The molecule has 0 aromatic rings. The second-order valence-electron chi connectivity index (χ2n) is 6.77. The normalized spacial score (nSPS) is 19.9. The fraction of sp³-hybridized carbons (Fsp3) is 0.833. The molecular formula is C18H32N4O2. The Morgan fingerprint density at radius 1 is 1.12 bits per heavy atom. The summed E-state index contributed by atoms with van der Waals surface area (Å²) in [5.74, 6) is 1.59. The molecule has 1 aliphatic carbocycles. The van der Waals surface area contributed by atoms with Crippen molar-refractivity contribution in [2.75, 3.05) is 26.2 Å². The lowest BCUT2D eigenvalue weighted by atomic mass is 10.0. The first-order valence-electron chi connectivity index (χ1n) is 9.56. The van der Waals surface area contributed by atoms with Crippen molar-refractivity contribution < 1.29 is 9.59 Å². The summed E-state index contributed by atoms with van der Waals surface area (Å²) in [5.41, 5.74) is 0. The predicted molar refractivity (Wildman–Crippen MR) is 95.7 cm³/mol. The molecule has 0 radical (unpaired) electrons. The van der Waals surface area contributed by atoms with Gasteiger partial charge in [-0.25, -0.2) is 0 Å². The minimum absolute atomic E-state index is 0.0495. The molecule has 0 bridgehead atoms. The molecule has 6 heteroatoms. The number of carbonyl (C=O) groups excluding carboxylic acids is 2. The minimum Gasteiger partial charge on any atom is -0.357 e. The zero-order valence-corrected chi connectivity index (χ0v) is 15.0. The molecule has 2 amide bonds. The molecule has 2 fully saturated rings. The largest absolute Gasteiger partial charge is 0.357 e. The maximum Gasteiger partial charge on any atom is 0.229 e. The number of aliphatic imine (C=N–C) groups is 1. The quantitative estimate of drug-likeness (QED) is 0.308. The number of guanidine groups is 1. The number of likely N-dealkylation sites (tertiary alicyclic amines) is 1. The van der Waals surface area contributed by atoms with Gasteiger partial charge in [-0.15, -0.1) is 0 Å². The van der Waals surface area contributed by atoms with Gasteiger partial charge in [0.05, 0.1) is 0 Å². The molecule has 2 aliphatic rings. The number of rotatable bonds is 8. The Hall–Kier alpha value is -1.59. The molecule has 136 valence electrons. The molecule has 1 heterocycles. The van der Waals surface area contributed by atoms with Crippen molar-refractivity contribution in [1.29, 1.82) is 0 Å². The van der Waals surface area contributed by atoms with E-state index in [1.54, 1.807) is 0 Å². The van der Waals surface area contributed by atoms with E-state index in [1.165, 1.54) is 37.0 Å². The van der Waals surface area contributed by atoms with Crippen LogP contribution in [0.1, 0.15) is 64.7 Å². The lowest BCUT2D eigenvalue weighted by molar-refractivity contribution is -0.147. The van der Waals surface area contributed by atoms with Crippen LogP contribution < -0.4 is 10.6 Å². The van der Waals surface area contributed by atoms with Gasteiger partial charge in [0.2, 0.25) is 11.8 Å². The van der Waals surface area contributed by atoms with Gasteiger partial charge in [0.15, 0.2) is 5.96 Å². The highest BCUT2D eigenvalue weighted by Crippen LogP contribution is 2.28. The van der Waals surface area contributed by atoms with E-state index in [1.807, 2.05) is 6.92 Å². The van der Waals surface area contributed by atoms with Crippen molar-refractivity contribution in [1.82, 2.24) is 15.5 Å². The number of imide groups is 1. The van der Waals surface area contributed by atoms with Gasteiger partial charge in [-0.1, -0.05) is 25.7 Å². The van der Waals surface area contributed by atoms with Crippen molar-refractivity contribution in [3.63, 3.8) is 0 Å². The third kappa shape index (κ3) is 6.13. The molecule has 2 rings (SSSR count). The number of nitrogens with zero attached hydrogens (tertiary/aromatic N) is 2. The SMILES string of the molecule is CCNC(=NCCCC1CCCC1)NCCN1C(=O)CCCC1=O. The number of hydrogen-bond donors (Lipinski definition) is 2. The summed E-state index contributed by atoms with van der Waals surface area (Å²) < 4.78 is 0. The Morgan fingerprint density at radius 2 is 1.83 bits per heavy atom. The Morgan fingerprint density at radius 3 is 2.50 bits per heavy atom. The highest BCUT2D eigenvalue weighted by Gasteiger charge is 2.25. The number of piperidine rings is 1. The molecule has 6 nitrogen and oxygen atoms in total. The molecule has 1 saturated heterocycles. The fourth-order valence-corrected chi connectivity index (χ4v) is 3.55. The van der Waals surface area contributed by atoms with E-state index in [2.05, 4.69) is 15.6 Å². The van der Waals surface area contributed by atoms with E-state index in [-0.39, 0.29) is 11.8 Å². The number of hydrogen-bond acceptors (Lipinski definition) is 3. The van der Waals surface area contributed by atoms with Gasteiger partial charge in [-0.05, 0) is 32.1 Å². The van der Waals surface area contributed by atoms with Crippen LogP contribution in [-0.2, 0) is 9.59 Å². The summed E-state index contributed by atoms with van der Waals surface area (Å²) in [5, 5.41) is 6.45. The van der Waals surface area contributed by atoms with Crippen LogP contribution in [0.2, 0.25) is 0 Å². The average Bonchev–Trinajstić information content (AvgIpc) is 3.07. The van der Waals surface area contributed by atoms with Crippen LogP contribution in [0, 0.1) is 5.92 Å². The Kier molecular flexibility index (Phi) is 8.05. The maximum atomic E-state index is 11.8. The zero-order valence-electron chi connectivity index (χ0n) is 15.0. The van der Waals surface area contributed by atoms with Gasteiger partial charge in [-0.3, -0.25) is 19.5 Å². The van der Waals surface area contributed by atoms with Crippen molar-refractivity contribution >= 4 is 17.8 Å². The van der Waals surface area contributed by atoms with Crippen molar-refractivity contribution in [2.24, 2.45) is 10.9 Å². The molecule has 0 spiro atoms. The first kappa shape index (κ1) is 18.7. The van der Waals surface area contributed by atoms with Crippen LogP contribution in [-0.4, -0.2) is 48.9 Å². The van der Waals surface area contributed by atoms with Crippen molar-refractivity contribution in [3.05, 3.63) is 0 Å². The average molecular weight is 336 g/mol. The number of amides is 2. The molecular weight excluding hydrogens is 304 g/mol. The fourth-order valence-electron chi connectivity index (χ4n) is 3.55. The van der Waals surface area contributed by atoms with E-state index < -0.39 is 0 Å².